The Balaban J connectivity index is 2.47. The third kappa shape index (κ3) is 3.00. The first-order chi connectivity index (χ1) is 12.6. The van der Waals surface area contributed by atoms with Gasteiger partial charge in [-0.3, -0.25) is 4.79 Å². The normalized spacial score (nSPS) is 12.5. The predicted molar refractivity (Wildman–Crippen MR) is 104 cm³/mol. The molecule has 1 amide bonds. The van der Waals surface area contributed by atoms with Crippen LogP contribution < -0.4 is 5.73 Å². The minimum atomic E-state index is -0.971. The molecule has 0 aliphatic carbocycles. The zero-order chi connectivity index (χ0) is 18.6. The minimum absolute atomic E-state index is 0.545. The van der Waals surface area contributed by atoms with Crippen LogP contribution in [0.4, 0.5) is 0 Å². The lowest BCUT2D eigenvalue weighted by molar-refractivity contribution is -0.130. The van der Waals surface area contributed by atoms with Crippen molar-refractivity contribution in [2.75, 3.05) is 7.11 Å². The van der Waals surface area contributed by atoms with Gasteiger partial charge in [0.05, 0.1) is 5.41 Å². The van der Waals surface area contributed by atoms with Crippen molar-refractivity contribution in [1.82, 2.24) is 0 Å². The fourth-order valence-corrected chi connectivity index (χ4v) is 3.90. The number of carbonyl (C=O) groups excluding carboxylic acids is 1. The standard InChI is InChI=1S/C22H20ClNO2/c1-26-20(21(24)25)22(16-10-4-2-5-11-16,17-12-6-3-7-13-17)18-14-8-9-15-19(18)23/h2-15,20H,1H3,(H2,24,25). The van der Waals surface area contributed by atoms with E-state index in [4.69, 9.17) is 22.1 Å². The molecule has 0 radical (unpaired) electrons. The van der Waals surface area contributed by atoms with E-state index in [2.05, 4.69) is 0 Å². The Morgan fingerprint density at radius 3 is 1.77 bits per heavy atom. The van der Waals surface area contributed by atoms with Crippen molar-refractivity contribution in [2.24, 2.45) is 5.73 Å². The maximum Gasteiger partial charge on any atom is 0.248 e. The van der Waals surface area contributed by atoms with Gasteiger partial charge < -0.3 is 10.5 Å². The highest BCUT2D eigenvalue weighted by molar-refractivity contribution is 6.31. The zero-order valence-electron chi connectivity index (χ0n) is 14.4. The second-order valence-corrected chi connectivity index (χ2v) is 6.45. The van der Waals surface area contributed by atoms with E-state index in [1.54, 1.807) is 0 Å². The van der Waals surface area contributed by atoms with Gasteiger partial charge in [0.2, 0.25) is 5.91 Å². The van der Waals surface area contributed by atoms with Crippen LogP contribution in [0.2, 0.25) is 5.02 Å². The van der Waals surface area contributed by atoms with E-state index in [1.165, 1.54) is 7.11 Å². The minimum Gasteiger partial charge on any atom is -0.370 e. The van der Waals surface area contributed by atoms with Crippen LogP contribution in [-0.4, -0.2) is 19.1 Å². The van der Waals surface area contributed by atoms with Crippen molar-refractivity contribution in [3.8, 4) is 0 Å². The smallest absolute Gasteiger partial charge is 0.248 e. The number of hydrogen-bond donors (Lipinski definition) is 1. The molecule has 0 saturated heterocycles. The molecule has 26 heavy (non-hydrogen) atoms. The van der Waals surface area contributed by atoms with Gasteiger partial charge in [-0.2, -0.15) is 0 Å². The molecule has 0 fully saturated rings. The van der Waals surface area contributed by atoms with Crippen molar-refractivity contribution in [3.05, 3.63) is 107 Å². The Morgan fingerprint density at radius 2 is 1.35 bits per heavy atom. The first-order valence-corrected chi connectivity index (χ1v) is 8.68. The Hall–Kier alpha value is -2.62. The summed E-state index contributed by atoms with van der Waals surface area (Å²) in [6.07, 6.45) is -0.938. The fourth-order valence-electron chi connectivity index (χ4n) is 3.61. The number of ether oxygens (including phenoxy) is 1. The quantitative estimate of drug-likeness (QED) is 0.666. The average molecular weight is 366 g/mol. The van der Waals surface area contributed by atoms with Gasteiger partial charge in [-0.15, -0.1) is 0 Å². The lowest BCUT2D eigenvalue weighted by atomic mass is 9.65. The molecule has 4 heteroatoms. The maximum atomic E-state index is 12.5. The molecule has 1 unspecified atom stereocenters. The maximum absolute atomic E-state index is 12.5. The van der Waals surface area contributed by atoms with Gasteiger partial charge in [-0.25, -0.2) is 0 Å². The molecule has 3 aromatic carbocycles. The Kier molecular flexibility index (Phi) is 5.40. The first kappa shape index (κ1) is 18.2. The topological polar surface area (TPSA) is 52.3 Å². The monoisotopic (exact) mass is 365 g/mol. The molecule has 3 nitrogen and oxygen atoms in total. The summed E-state index contributed by atoms with van der Waals surface area (Å²) in [5, 5.41) is 0.545. The molecule has 132 valence electrons. The van der Waals surface area contributed by atoms with Gasteiger partial charge in [0.15, 0.2) is 6.10 Å². The molecular formula is C22H20ClNO2. The number of rotatable bonds is 6. The van der Waals surface area contributed by atoms with Crippen LogP contribution in [0.15, 0.2) is 84.9 Å². The number of methoxy groups -OCH3 is 1. The van der Waals surface area contributed by atoms with Crippen LogP contribution >= 0.6 is 11.6 Å². The van der Waals surface area contributed by atoms with Crippen LogP contribution in [0.3, 0.4) is 0 Å². The van der Waals surface area contributed by atoms with Crippen molar-refractivity contribution >= 4 is 17.5 Å². The summed E-state index contributed by atoms with van der Waals surface area (Å²) in [6, 6.07) is 26.9. The van der Waals surface area contributed by atoms with E-state index in [1.807, 2.05) is 84.9 Å². The van der Waals surface area contributed by atoms with Crippen LogP contribution in [0, 0.1) is 0 Å². The summed E-state index contributed by atoms with van der Waals surface area (Å²) < 4.78 is 5.66. The predicted octanol–water partition coefficient (Wildman–Crippen LogP) is 4.17. The lowest BCUT2D eigenvalue weighted by Gasteiger charge is -2.40. The van der Waals surface area contributed by atoms with E-state index in [9.17, 15) is 4.79 Å². The lowest BCUT2D eigenvalue weighted by Crippen LogP contribution is -2.50. The van der Waals surface area contributed by atoms with E-state index < -0.39 is 17.4 Å². The SMILES string of the molecule is COC(C(N)=O)C(c1ccccc1)(c1ccccc1)c1ccccc1Cl. The van der Waals surface area contributed by atoms with Crippen LogP contribution in [0.5, 0.6) is 0 Å². The number of primary amides is 1. The van der Waals surface area contributed by atoms with Crippen molar-refractivity contribution in [3.63, 3.8) is 0 Å². The molecule has 2 N–H and O–H groups in total. The van der Waals surface area contributed by atoms with E-state index in [0.29, 0.717) is 5.02 Å². The molecule has 0 bridgehead atoms. The second kappa shape index (κ2) is 7.73. The molecular weight excluding hydrogens is 346 g/mol. The summed E-state index contributed by atoms with van der Waals surface area (Å²) in [5.41, 5.74) is 7.35. The number of carbonyl (C=O) groups is 1. The van der Waals surface area contributed by atoms with E-state index >= 15 is 0 Å². The fraction of sp³-hybridized carbons (Fsp3) is 0.136. The van der Waals surface area contributed by atoms with Crippen molar-refractivity contribution < 1.29 is 9.53 Å². The number of benzene rings is 3. The third-order valence-electron chi connectivity index (χ3n) is 4.64. The molecule has 0 aliphatic rings. The van der Waals surface area contributed by atoms with Crippen LogP contribution in [-0.2, 0) is 14.9 Å². The average Bonchev–Trinajstić information content (AvgIpc) is 2.68. The van der Waals surface area contributed by atoms with Crippen molar-refractivity contribution in [1.29, 1.82) is 0 Å². The molecule has 0 heterocycles. The Morgan fingerprint density at radius 1 is 0.885 bits per heavy atom. The summed E-state index contributed by atoms with van der Waals surface area (Å²) >= 11 is 6.61. The Bertz CT molecular complexity index is 841. The van der Waals surface area contributed by atoms with Gasteiger partial charge in [0.1, 0.15) is 0 Å². The summed E-state index contributed by atoms with van der Waals surface area (Å²) in [5.74, 6) is -0.555. The molecule has 0 saturated carbocycles. The zero-order valence-corrected chi connectivity index (χ0v) is 15.2. The molecule has 0 aliphatic heterocycles. The third-order valence-corrected chi connectivity index (χ3v) is 4.97. The second-order valence-electron chi connectivity index (χ2n) is 6.04. The molecule has 0 aromatic heterocycles. The van der Waals surface area contributed by atoms with Crippen molar-refractivity contribution in [2.45, 2.75) is 11.5 Å². The van der Waals surface area contributed by atoms with Gasteiger partial charge in [-0.05, 0) is 22.8 Å². The van der Waals surface area contributed by atoms with E-state index in [0.717, 1.165) is 16.7 Å². The Labute approximate surface area is 158 Å². The molecule has 1 atom stereocenters. The van der Waals surface area contributed by atoms with Gasteiger partial charge in [-0.1, -0.05) is 90.5 Å². The highest BCUT2D eigenvalue weighted by Crippen LogP contribution is 2.45. The first-order valence-electron chi connectivity index (χ1n) is 8.30. The molecule has 3 rings (SSSR count). The largest absolute Gasteiger partial charge is 0.370 e. The number of halogens is 1. The van der Waals surface area contributed by atoms with Gasteiger partial charge in [0.25, 0.3) is 0 Å². The van der Waals surface area contributed by atoms with Crippen LogP contribution in [0.1, 0.15) is 16.7 Å². The van der Waals surface area contributed by atoms with Gasteiger partial charge >= 0.3 is 0 Å². The summed E-state index contributed by atoms with van der Waals surface area (Å²) in [7, 11) is 1.49. The molecule has 0 spiro atoms. The number of nitrogens with two attached hydrogens (primary N) is 1. The number of amides is 1. The summed E-state index contributed by atoms with van der Waals surface area (Å²) in [6.45, 7) is 0. The number of hydrogen-bond acceptors (Lipinski definition) is 2. The van der Waals surface area contributed by atoms with Crippen LogP contribution in [0.25, 0.3) is 0 Å². The summed E-state index contributed by atoms with van der Waals surface area (Å²) in [4.78, 5) is 12.5. The highest BCUT2D eigenvalue weighted by atomic mass is 35.5. The van der Waals surface area contributed by atoms with Gasteiger partial charge in [0, 0.05) is 12.1 Å². The highest BCUT2D eigenvalue weighted by Gasteiger charge is 2.48. The molecule has 3 aromatic rings. The van der Waals surface area contributed by atoms with E-state index in [-0.39, 0.29) is 0 Å².